The van der Waals surface area contributed by atoms with Gasteiger partial charge in [-0.3, -0.25) is 14.4 Å². The first-order chi connectivity index (χ1) is 16.6. The molecular weight excluding hydrogens is 467 g/mol. The number of carbonyl (C=O) groups excluding carboxylic acids is 3. The van der Waals surface area contributed by atoms with Gasteiger partial charge in [-0.15, -0.1) is 0 Å². The molecular formula is C24H26F3N3O5. The fraction of sp³-hybridized carbons (Fsp3) is 0.375. The summed E-state index contributed by atoms with van der Waals surface area (Å²) in [6, 6.07) is 9.57. The minimum absolute atomic E-state index is 0.0657. The molecule has 11 heteroatoms. The van der Waals surface area contributed by atoms with Gasteiger partial charge in [0.1, 0.15) is 11.5 Å². The second-order valence-corrected chi connectivity index (χ2v) is 7.89. The molecule has 0 radical (unpaired) electrons. The molecule has 35 heavy (non-hydrogen) atoms. The summed E-state index contributed by atoms with van der Waals surface area (Å²) in [6.07, 6.45) is -4.72. The number of rotatable bonds is 8. The van der Waals surface area contributed by atoms with E-state index >= 15 is 0 Å². The number of halogens is 3. The van der Waals surface area contributed by atoms with Gasteiger partial charge in [0, 0.05) is 25.6 Å². The molecule has 1 saturated heterocycles. The molecule has 1 unspecified atom stereocenters. The molecule has 0 bridgehead atoms. The van der Waals surface area contributed by atoms with Crippen molar-refractivity contribution in [2.75, 3.05) is 44.1 Å². The van der Waals surface area contributed by atoms with Crippen molar-refractivity contribution in [2.24, 2.45) is 5.92 Å². The Morgan fingerprint density at radius 3 is 2.49 bits per heavy atom. The summed E-state index contributed by atoms with van der Waals surface area (Å²) in [7, 11) is 2.95. The van der Waals surface area contributed by atoms with Crippen LogP contribution in [0.15, 0.2) is 42.5 Å². The van der Waals surface area contributed by atoms with E-state index in [1.807, 2.05) is 0 Å². The minimum atomic E-state index is -4.64. The van der Waals surface area contributed by atoms with Crippen molar-refractivity contribution in [2.45, 2.75) is 19.5 Å². The number of para-hydroxylation sites is 1. The molecule has 2 aromatic carbocycles. The molecule has 1 fully saturated rings. The summed E-state index contributed by atoms with van der Waals surface area (Å²) in [4.78, 5) is 41.0. The summed E-state index contributed by atoms with van der Waals surface area (Å²) >= 11 is 0. The van der Waals surface area contributed by atoms with E-state index in [-0.39, 0.29) is 31.1 Å². The summed E-state index contributed by atoms with van der Waals surface area (Å²) in [5, 5.41) is 2.24. The maximum Gasteiger partial charge on any atom is 0.418 e. The zero-order chi connectivity index (χ0) is 25.8. The zero-order valence-electron chi connectivity index (χ0n) is 19.5. The van der Waals surface area contributed by atoms with Gasteiger partial charge in [-0.1, -0.05) is 12.1 Å². The average Bonchev–Trinajstić information content (AvgIpc) is 3.22. The van der Waals surface area contributed by atoms with Gasteiger partial charge in [-0.05, 0) is 31.2 Å². The number of alkyl halides is 3. The molecule has 0 spiro atoms. The Morgan fingerprint density at radius 1 is 1.14 bits per heavy atom. The monoisotopic (exact) mass is 493 g/mol. The fourth-order valence-electron chi connectivity index (χ4n) is 3.92. The van der Waals surface area contributed by atoms with Gasteiger partial charge in [0.15, 0.2) is 0 Å². The minimum Gasteiger partial charge on any atom is -0.497 e. The van der Waals surface area contributed by atoms with E-state index < -0.39 is 36.0 Å². The standard InChI is InChI=1S/C24H26F3N3O5/c1-4-29(14-21(31)28-18-8-6-5-7-17(18)24(25,26)27)23(33)15-11-22(32)30(13-15)19-12-16(34-2)9-10-20(19)35-3/h5-10,12,15H,4,11,13-14H2,1-3H3,(H,28,31). The molecule has 1 N–H and O–H groups in total. The number of hydrogen-bond acceptors (Lipinski definition) is 5. The van der Waals surface area contributed by atoms with Crippen LogP contribution in [0.4, 0.5) is 24.5 Å². The molecule has 1 atom stereocenters. The molecule has 2 aromatic rings. The quantitative estimate of drug-likeness (QED) is 0.608. The van der Waals surface area contributed by atoms with E-state index in [0.29, 0.717) is 17.2 Å². The van der Waals surface area contributed by atoms with Crippen LogP contribution in [0.1, 0.15) is 18.9 Å². The number of likely N-dealkylation sites (N-methyl/N-ethyl adjacent to an activating group) is 1. The number of benzene rings is 2. The maximum absolute atomic E-state index is 13.2. The van der Waals surface area contributed by atoms with E-state index in [4.69, 9.17) is 9.47 Å². The predicted octanol–water partition coefficient (Wildman–Crippen LogP) is 3.56. The number of nitrogens with zero attached hydrogens (tertiary/aromatic N) is 2. The van der Waals surface area contributed by atoms with Gasteiger partial charge in [0.25, 0.3) is 0 Å². The van der Waals surface area contributed by atoms with E-state index in [2.05, 4.69) is 5.32 Å². The average molecular weight is 493 g/mol. The van der Waals surface area contributed by atoms with Gasteiger partial charge < -0.3 is 24.6 Å². The predicted molar refractivity (Wildman–Crippen MR) is 122 cm³/mol. The van der Waals surface area contributed by atoms with Gasteiger partial charge in [0.05, 0.1) is 43.6 Å². The van der Waals surface area contributed by atoms with Gasteiger partial charge >= 0.3 is 6.18 Å². The lowest BCUT2D eigenvalue weighted by molar-refractivity contribution is -0.138. The van der Waals surface area contributed by atoms with Crippen LogP contribution in [0.2, 0.25) is 0 Å². The number of methoxy groups -OCH3 is 2. The second kappa shape index (κ2) is 10.7. The number of amides is 3. The Bertz CT molecular complexity index is 1110. The van der Waals surface area contributed by atoms with E-state index in [9.17, 15) is 27.6 Å². The van der Waals surface area contributed by atoms with E-state index in [1.165, 1.54) is 36.2 Å². The Balaban J connectivity index is 1.71. The summed E-state index contributed by atoms with van der Waals surface area (Å²) in [6.45, 7) is 1.40. The van der Waals surface area contributed by atoms with Crippen LogP contribution in [-0.4, -0.2) is 56.5 Å². The zero-order valence-corrected chi connectivity index (χ0v) is 19.5. The number of anilines is 2. The van der Waals surface area contributed by atoms with Crippen LogP contribution in [0, 0.1) is 5.92 Å². The number of carbonyl (C=O) groups is 3. The van der Waals surface area contributed by atoms with Crippen molar-refractivity contribution < 1.29 is 37.0 Å². The molecule has 0 aliphatic carbocycles. The first kappa shape index (κ1) is 25.9. The number of nitrogens with one attached hydrogen (secondary N) is 1. The lowest BCUT2D eigenvalue weighted by Gasteiger charge is -2.24. The highest BCUT2D eigenvalue weighted by Crippen LogP contribution is 2.37. The molecule has 8 nitrogen and oxygen atoms in total. The molecule has 3 rings (SSSR count). The first-order valence-corrected chi connectivity index (χ1v) is 10.9. The maximum atomic E-state index is 13.2. The van der Waals surface area contributed by atoms with E-state index in [0.717, 1.165) is 12.1 Å². The highest BCUT2D eigenvalue weighted by molar-refractivity contribution is 6.02. The molecule has 188 valence electrons. The van der Waals surface area contributed by atoms with Crippen LogP contribution < -0.4 is 19.7 Å². The fourth-order valence-corrected chi connectivity index (χ4v) is 3.92. The summed E-state index contributed by atoms with van der Waals surface area (Å²) < 4.78 is 50.2. The SMILES string of the molecule is CCN(CC(=O)Nc1ccccc1C(F)(F)F)C(=O)C1CC(=O)N(c2cc(OC)ccc2OC)C1. The van der Waals surface area contributed by atoms with Crippen molar-refractivity contribution in [3.05, 3.63) is 48.0 Å². The number of hydrogen-bond donors (Lipinski definition) is 1. The third-order valence-corrected chi connectivity index (χ3v) is 5.69. The van der Waals surface area contributed by atoms with Gasteiger partial charge in [-0.25, -0.2) is 0 Å². The van der Waals surface area contributed by atoms with Crippen LogP contribution in [0.5, 0.6) is 11.5 Å². The van der Waals surface area contributed by atoms with Crippen molar-refractivity contribution in [1.82, 2.24) is 4.90 Å². The summed E-state index contributed by atoms with van der Waals surface area (Å²) in [5.41, 5.74) is -0.912. The molecule has 1 heterocycles. The normalized spacial score (nSPS) is 15.7. The van der Waals surface area contributed by atoms with Crippen LogP contribution in [0.3, 0.4) is 0 Å². The Hall–Kier alpha value is -3.76. The highest BCUT2D eigenvalue weighted by Gasteiger charge is 2.39. The molecule has 0 aromatic heterocycles. The molecule has 0 saturated carbocycles. The van der Waals surface area contributed by atoms with Crippen molar-refractivity contribution in [3.8, 4) is 11.5 Å². The van der Waals surface area contributed by atoms with Crippen LogP contribution in [0.25, 0.3) is 0 Å². The molecule has 1 aliphatic rings. The third kappa shape index (κ3) is 5.84. The first-order valence-electron chi connectivity index (χ1n) is 10.9. The van der Waals surface area contributed by atoms with Crippen LogP contribution >= 0.6 is 0 Å². The van der Waals surface area contributed by atoms with E-state index in [1.54, 1.807) is 25.1 Å². The Morgan fingerprint density at radius 2 is 1.86 bits per heavy atom. The van der Waals surface area contributed by atoms with Crippen molar-refractivity contribution in [3.63, 3.8) is 0 Å². The topological polar surface area (TPSA) is 88.2 Å². The lowest BCUT2D eigenvalue weighted by Crippen LogP contribution is -2.42. The highest BCUT2D eigenvalue weighted by atomic mass is 19.4. The third-order valence-electron chi connectivity index (χ3n) is 5.69. The van der Waals surface area contributed by atoms with Gasteiger partial charge in [0.2, 0.25) is 17.7 Å². The molecule has 1 aliphatic heterocycles. The number of ether oxygens (including phenoxy) is 2. The van der Waals surface area contributed by atoms with Crippen molar-refractivity contribution in [1.29, 1.82) is 0 Å². The second-order valence-electron chi connectivity index (χ2n) is 7.89. The smallest absolute Gasteiger partial charge is 0.418 e. The Kier molecular flexibility index (Phi) is 7.88. The van der Waals surface area contributed by atoms with Crippen molar-refractivity contribution >= 4 is 29.1 Å². The van der Waals surface area contributed by atoms with Crippen LogP contribution in [-0.2, 0) is 20.6 Å². The van der Waals surface area contributed by atoms with Gasteiger partial charge in [-0.2, -0.15) is 13.2 Å². The molecule has 3 amide bonds. The lowest BCUT2D eigenvalue weighted by atomic mass is 10.1. The largest absolute Gasteiger partial charge is 0.497 e. The Labute approximate surface area is 200 Å². The summed E-state index contributed by atoms with van der Waals surface area (Å²) in [5.74, 6) is -1.29.